The molecule has 1 unspecified atom stereocenters. The Labute approximate surface area is 221 Å². The maximum absolute atomic E-state index is 13.5. The molecule has 2 aromatic carbocycles. The molecule has 0 aromatic heterocycles. The standard InChI is InChI=1S/C23H28Cl3N3O5S/c1-5-10-27-23(31)15(2)28(13-16-6-8-18(25)19(26)11-16)22(30)14-29(35(4,32)33)20-12-17(24)7-9-21(20)34-3/h6-9,11-12,15H,5,10,13-14H2,1-4H3,(H,27,31). The smallest absolute Gasteiger partial charge is 0.244 e. The van der Waals surface area contributed by atoms with Crippen LogP contribution in [0, 0.1) is 0 Å². The monoisotopic (exact) mass is 563 g/mol. The van der Waals surface area contributed by atoms with Gasteiger partial charge < -0.3 is 15.0 Å². The highest BCUT2D eigenvalue weighted by atomic mass is 35.5. The van der Waals surface area contributed by atoms with Gasteiger partial charge in [0.05, 0.1) is 29.1 Å². The fraction of sp³-hybridized carbons (Fsp3) is 0.391. The Hall–Kier alpha value is -2.20. The van der Waals surface area contributed by atoms with Crippen LogP contribution in [0.5, 0.6) is 5.75 Å². The van der Waals surface area contributed by atoms with E-state index >= 15 is 0 Å². The summed E-state index contributed by atoms with van der Waals surface area (Å²) in [5.41, 5.74) is 0.725. The van der Waals surface area contributed by atoms with Crippen molar-refractivity contribution >= 4 is 62.3 Å². The number of ether oxygens (including phenoxy) is 1. The summed E-state index contributed by atoms with van der Waals surface area (Å²) in [5, 5.41) is 3.67. The van der Waals surface area contributed by atoms with Crippen molar-refractivity contribution in [3.05, 3.63) is 57.0 Å². The van der Waals surface area contributed by atoms with Gasteiger partial charge in [0.15, 0.2) is 0 Å². The molecule has 0 bridgehead atoms. The van der Waals surface area contributed by atoms with Gasteiger partial charge in [0.2, 0.25) is 21.8 Å². The number of carbonyl (C=O) groups excluding carboxylic acids is 2. The van der Waals surface area contributed by atoms with Gasteiger partial charge in [-0.05, 0) is 49.2 Å². The van der Waals surface area contributed by atoms with E-state index in [1.165, 1.54) is 24.1 Å². The van der Waals surface area contributed by atoms with E-state index in [9.17, 15) is 18.0 Å². The van der Waals surface area contributed by atoms with Crippen molar-refractivity contribution < 1.29 is 22.7 Å². The molecule has 35 heavy (non-hydrogen) atoms. The Morgan fingerprint density at radius 3 is 2.34 bits per heavy atom. The normalized spacial score (nSPS) is 12.1. The third-order valence-electron chi connectivity index (χ3n) is 5.14. The lowest BCUT2D eigenvalue weighted by Gasteiger charge is -2.32. The van der Waals surface area contributed by atoms with Gasteiger partial charge >= 0.3 is 0 Å². The van der Waals surface area contributed by atoms with Gasteiger partial charge in [-0.1, -0.05) is 47.8 Å². The second-order valence-corrected chi connectivity index (χ2v) is 11.0. The van der Waals surface area contributed by atoms with Crippen molar-refractivity contribution in [2.24, 2.45) is 0 Å². The maximum atomic E-state index is 13.5. The molecule has 0 aliphatic heterocycles. The number of nitrogens with zero attached hydrogens (tertiary/aromatic N) is 2. The first-order valence-electron chi connectivity index (χ1n) is 10.7. The SMILES string of the molecule is CCCNC(=O)C(C)N(Cc1ccc(Cl)c(Cl)c1)C(=O)CN(c1cc(Cl)ccc1OC)S(C)(=O)=O. The molecular weight excluding hydrogens is 537 g/mol. The summed E-state index contributed by atoms with van der Waals surface area (Å²) in [5.74, 6) is -0.758. The molecule has 2 amide bonds. The number of methoxy groups -OCH3 is 1. The zero-order valence-corrected chi connectivity index (χ0v) is 22.9. The zero-order chi connectivity index (χ0) is 26.3. The van der Waals surface area contributed by atoms with Crippen LogP contribution in [-0.2, 0) is 26.2 Å². The Balaban J connectivity index is 2.46. The molecule has 0 saturated heterocycles. The summed E-state index contributed by atoms with van der Waals surface area (Å²) >= 11 is 18.2. The molecule has 0 spiro atoms. The van der Waals surface area contributed by atoms with Crippen LogP contribution in [0.4, 0.5) is 5.69 Å². The minimum atomic E-state index is -3.93. The molecule has 1 atom stereocenters. The second kappa shape index (κ2) is 12.7. The lowest BCUT2D eigenvalue weighted by Crippen LogP contribution is -2.51. The minimum Gasteiger partial charge on any atom is -0.495 e. The summed E-state index contributed by atoms with van der Waals surface area (Å²) < 4.78 is 31.6. The third-order valence-corrected chi connectivity index (χ3v) is 7.24. The molecule has 192 valence electrons. The van der Waals surface area contributed by atoms with Gasteiger partial charge in [-0.15, -0.1) is 0 Å². The number of rotatable bonds is 11. The quantitative estimate of drug-likeness (QED) is 0.437. The number of amides is 2. The van der Waals surface area contributed by atoms with E-state index in [2.05, 4.69) is 5.32 Å². The number of sulfonamides is 1. The van der Waals surface area contributed by atoms with E-state index in [-0.39, 0.29) is 28.9 Å². The summed E-state index contributed by atoms with van der Waals surface area (Å²) in [6, 6.07) is 8.41. The van der Waals surface area contributed by atoms with Crippen LogP contribution in [0.15, 0.2) is 36.4 Å². The Kier molecular flexibility index (Phi) is 10.5. The molecule has 0 aliphatic rings. The lowest BCUT2D eigenvalue weighted by atomic mass is 10.1. The molecule has 2 rings (SSSR count). The van der Waals surface area contributed by atoms with Crippen LogP contribution >= 0.6 is 34.8 Å². The molecule has 8 nitrogen and oxygen atoms in total. The predicted octanol–water partition coefficient (Wildman–Crippen LogP) is 4.36. The fourth-order valence-electron chi connectivity index (χ4n) is 3.27. The van der Waals surface area contributed by atoms with Crippen LogP contribution in [0.1, 0.15) is 25.8 Å². The average molecular weight is 565 g/mol. The first kappa shape index (κ1) is 29.0. The summed E-state index contributed by atoms with van der Waals surface area (Å²) in [4.78, 5) is 27.6. The van der Waals surface area contributed by atoms with E-state index in [4.69, 9.17) is 39.5 Å². The number of halogens is 3. The highest BCUT2D eigenvalue weighted by Crippen LogP contribution is 2.33. The van der Waals surface area contributed by atoms with Crippen molar-refractivity contribution in [1.82, 2.24) is 10.2 Å². The zero-order valence-electron chi connectivity index (χ0n) is 19.8. The van der Waals surface area contributed by atoms with Gasteiger partial charge in [-0.25, -0.2) is 8.42 Å². The topological polar surface area (TPSA) is 96.0 Å². The van der Waals surface area contributed by atoms with Gasteiger partial charge in [0.25, 0.3) is 0 Å². The molecular formula is C23H28Cl3N3O5S. The predicted molar refractivity (Wildman–Crippen MR) is 140 cm³/mol. The summed E-state index contributed by atoms with van der Waals surface area (Å²) in [6.45, 7) is 3.34. The Bertz CT molecular complexity index is 1180. The van der Waals surface area contributed by atoms with E-state index in [1.807, 2.05) is 6.92 Å². The van der Waals surface area contributed by atoms with E-state index < -0.39 is 28.5 Å². The van der Waals surface area contributed by atoms with Crippen LogP contribution in [-0.4, -0.2) is 57.6 Å². The van der Waals surface area contributed by atoms with Crippen LogP contribution < -0.4 is 14.4 Å². The van der Waals surface area contributed by atoms with Gasteiger partial charge in [0.1, 0.15) is 18.3 Å². The molecule has 12 heteroatoms. The number of nitrogens with one attached hydrogen (secondary N) is 1. The highest BCUT2D eigenvalue weighted by Gasteiger charge is 2.31. The van der Waals surface area contributed by atoms with E-state index in [0.717, 1.165) is 17.0 Å². The molecule has 0 radical (unpaired) electrons. The largest absolute Gasteiger partial charge is 0.495 e. The van der Waals surface area contributed by atoms with Crippen molar-refractivity contribution in [3.63, 3.8) is 0 Å². The molecule has 1 N–H and O–H groups in total. The van der Waals surface area contributed by atoms with Crippen LogP contribution in [0.2, 0.25) is 15.1 Å². The first-order chi connectivity index (χ1) is 16.4. The average Bonchev–Trinajstić information content (AvgIpc) is 2.80. The molecule has 0 fully saturated rings. The minimum absolute atomic E-state index is 0.000711. The highest BCUT2D eigenvalue weighted by molar-refractivity contribution is 7.92. The number of hydrogen-bond acceptors (Lipinski definition) is 5. The molecule has 0 saturated carbocycles. The van der Waals surface area contributed by atoms with Crippen LogP contribution in [0.3, 0.4) is 0 Å². The summed E-state index contributed by atoms with van der Waals surface area (Å²) in [7, 11) is -2.55. The molecule has 0 heterocycles. The Morgan fingerprint density at radius 1 is 1.09 bits per heavy atom. The second-order valence-electron chi connectivity index (χ2n) is 7.82. The molecule has 2 aromatic rings. The third kappa shape index (κ3) is 7.90. The lowest BCUT2D eigenvalue weighted by molar-refractivity contribution is -0.139. The first-order valence-corrected chi connectivity index (χ1v) is 13.7. The van der Waals surface area contributed by atoms with Crippen molar-refractivity contribution in [2.75, 3.05) is 30.8 Å². The van der Waals surface area contributed by atoms with Crippen molar-refractivity contribution in [1.29, 1.82) is 0 Å². The van der Waals surface area contributed by atoms with Crippen molar-refractivity contribution in [3.8, 4) is 5.75 Å². The Morgan fingerprint density at radius 2 is 1.77 bits per heavy atom. The number of hydrogen-bond donors (Lipinski definition) is 1. The molecule has 0 aliphatic carbocycles. The summed E-state index contributed by atoms with van der Waals surface area (Å²) in [6.07, 6.45) is 1.69. The fourth-order valence-corrected chi connectivity index (χ4v) is 4.60. The number of benzene rings is 2. The maximum Gasteiger partial charge on any atom is 0.244 e. The van der Waals surface area contributed by atoms with Gasteiger partial charge in [-0.3, -0.25) is 13.9 Å². The van der Waals surface area contributed by atoms with Crippen LogP contribution in [0.25, 0.3) is 0 Å². The van der Waals surface area contributed by atoms with Gasteiger partial charge in [-0.2, -0.15) is 0 Å². The van der Waals surface area contributed by atoms with E-state index in [0.29, 0.717) is 22.2 Å². The van der Waals surface area contributed by atoms with Gasteiger partial charge in [0, 0.05) is 18.1 Å². The number of anilines is 1. The van der Waals surface area contributed by atoms with Crippen molar-refractivity contribution in [2.45, 2.75) is 32.9 Å². The van der Waals surface area contributed by atoms with E-state index in [1.54, 1.807) is 31.2 Å². The number of carbonyl (C=O) groups is 2.